The van der Waals surface area contributed by atoms with Gasteiger partial charge in [-0.3, -0.25) is 9.69 Å². The second kappa shape index (κ2) is 6.60. The van der Waals surface area contributed by atoms with E-state index in [1.807, 2.05) is 54.6 Å². The number of carbonyl (C=O) groups is 1. The maximum atomic E-state index is 11.2. The molecule has 1 fully saturated rings. The highest BCUT2D eigenvalue weighted by molar-refractivity contribution is 6.34. The van der Waals surface area contributed by atoms with Gasteiger partial charge in [-0.25, -0.2) is 0 Å². The van der Waals surface area contributed by atoms with Crippen LogP contribution in [0.25, 0.3) is 0 Å². The normalized spacial score (nSPS) is 21.3. The molecule has 3 rings (SSSR count). The SMILES string of the molecule is O=C(O)C1(Cl)CCN(Cc2cccc(Oc3ccccc3)c2)C1. The van der Waals surface area contributed by atoms with Crippen LogP contribution in [0.1, 0.15) is 12.0 Å². The number of nitrogens with zero attached hydrogens (tertiary/aromatic N) is 1. The van der Waals surface area contributed by atoms with Crippen molar-refractivity contribution in [2.75, 3.05) is 13.1 Å². The lowest BCUT2D eigenvalue weighted by Gasteiger charge is -2.18. The van der Waals surface area contributed by atoms with E-state index in [9.17, 15) is 9.90 Å². The average Bonchev–Trinajstić information content (AvgIpc) is 2.91. The molecule has 0 radical (unpaired) electrons. The molecule has 1 saturated heterocycles. The molecule has 0 bridgehead atoms. The molecule has 2 aromatic carbocycles. The molecule has 4 nitrogen and oxygen atoms in total. The number of likely N-dealkylation sites (tertiary alicyclic amines) is 1. The predicted molar refractivity (Wildman–Crippen MR) is 89.1 cm³/mol. The molecule has 1 aliphatic rings. The van der Waals surface area contributed by atoms with Gasteiger partial charge in [0.05, 0.1) is 0 Å². The van der Waals surface area contributed by atoms with E-state index in [-0.39, 0.29) is 0 Å². The number of aliphatic carboxylic acids is 1. The molecule has 23 heavy (non-hydrogen) atoms. The van der Waals surface area contributed by atoms with Gasteiger partial charge in [-0.15, -0.1) is 11.6 Å². The topological polar surface area (TPSA) is 49.8 Å². The van der Waals surface area contributed by atoms with Gasteiger partial charge in [0.1, 0.15) is 11.5 Å². The van der Waals surface area contributed by atoms with Gasteiger partial charge >= 0.3 is 5.97 Å². The summed E-state index contributed by atoms with van der Waals surface area (Å²) < 4.78 is 5.82. The molecule has 0 saturated carbocycles. The van der Waals surface area contributed by atoms with Gasteiger partial charge in [0.25, 0.3) is 0 Å². The number of carboxylic acid groups (broad SMARTS) is 1. The zero-order valence-corrected chi connectivity index (χ0v) is 13.4. The van der Waals surface area contributed by atoms with Gasteiger partial charge in [-0.2, -0.15) is 0 Å². The average molecular weight is 332 g/mol. The molecule has 1 heterocycles. The van der Waals surface area contributed by atoms with Crippen LogP contribution in [0.2, 0.25) is 0 Å². The fraction of sp³-hybridized carbons (Fsp3) is 0.278. The van der Waals surface area contributed by atoms with Crippen molar-refractivity contribution < 1.29 is 14.6 Å². The van der Waals surface area contributed by atoms with Crippen molar-refractivity contribution >= 4 is 17.6 Å². The van der Waals surface area contributed by atoms with Crippen molar-refractivity contribution in [2.45, 2.75) is 17.8 Å². The molecule has 2 aromatic rings. The summed E-state index contributed by atoms with van der Waals surface area (Å²) in [7, 11) is 0. The van der Waals surface area contributed by atoms with Crippen molar-refractivity contribution in [2.24, 2.45) is 0 Å². The molecular formula is C18H18ClNO3. The molecule has 120 valence electrons. The fourth-order valence-corrected chi connectivity index (χ4v) is 3.00. The van der Waals surface area contributed by atoms with E-state index < -0.39 is 10.8 Å². The standard InChI is InChI=1S/C18H18ClNO3/c19-18(17(21)22)9-10-20(13-18)12-14-5-4-8-16(11-14)23-15-6-2-1-3-7-15/h1-8,11H,9-10,12-13H2,(H,21,22). The Hall–Kier alpha value is -2.04. The lowest BCUT2D eigenvalue weighted by Crippen LogP contribution is -2.35. The van der Waals surface area contributed by atoms with Crippen LogP contribution < -0.4 is 4.74 Å². The molecule has 1 aliphatic heterocycles. The minimum Gasteiger partial charge on any atom is -0.480 e. The largest absolute Gasteiger partial charge is 0.480 e. The van der Waals surface area contributed by atoms with E-state index >= 15 is 0 Å². The third kappa shape index (κ3) is 3.84. The van der Waals surface area contributed by atoms with E-state index in [1.54, 1.807) is 0 Å². The van der Waals surface area contributed by atoms with Gasteiger partial charge in [-0.05, 0) is 36.2 Å². The first-order valence-electron chi connectivity index (χ1n) is 7.52. The summed E-state index contributed by atoms with van der Waals surface area (Å²) >= 11 is 6.14. The molecule has 5 heteroatoms. The van der Waals surface area contributed by atoms with Gasteiger partial charge < -0.3 is 9.84 Å². The first-order valence-corrected chi connectivity index (χ1v) is 7.89. The van der Waals surface area contributed by atoms with Gasteiger partial charge in [0.2, 0.25) is 0 Å². The molecule has 0 amide bonds. The third-order valence-corrected chi connectivity index (χ3v) is 4.44. The number of benzene rings is 2. The van der Waals surface area contributed by atoms with Crippen LogP contribution in [0.15, 0.2) is 54.6 Å². The Balaban J connectivity index is 1.66. The van der Waals surface area contributed by atoms with E-state index in [4.69, 9.17) is 16.3 Å². The fourth-order valence-electron chi connectivity index (χ4n) is 2.75. The van der Waals surface area contributed by atoms with Crippen LogP contribution in [0, 0.1) is 0 Å². The second-order valence-corrected chi connectivity index (χ2v) is 6.52. The van der Waals surface area contributed by atoms with Gasteiger partial charge in [0, 0.05) is 19.6 Å². The molecular weight excluding hydrogens is 314 g/mol. The van der Waals surface area contributed by atoms with Crippen molar-refractivity contribution in [3.05, 3.63) is 60.2 Å². The Bertz CT molecular complexity index is 692. The second-order valence-electron chi connectivity index (χ2n) is 5.79. The summed E-state index contributed by atoms with van der Waals surface area (Å²) in [4.78, 5) is 12.1. The lowest BCUT2D eigenvalue weighted by molar-refractivity contribution is -0.139. The predicted octanol–water partition coefficient (Wildman–Crippen LogP) is 3.75. The highest BCUT2D eigenvalue weighted by Gasteiger charge is 2.42. The number of ether oxygens (including phenoxy) is 1. The number of rotatable bonds is 5. The Morgan fingerprint density at radius 1 is 1.17 bits per heavy atom. The third-order valence-electron chi connectivity index (χ3n) is 3.97. The molecule has 1 N–H and O–H groups in total. The zero-order valence-electron chi connectivity index (χ0n) is 12.6. The Labute approximate surface area is 140 Å². The highest BCUT2D eigenvalue weighted by Crippen LogP contribution is 2.30. The molecule has 0 aliphatic carbocycles. The van der Waals surface area contributed by atoms with Gasteiger partial charge in [0.15, 0.2) is 4.87 Å². The minimum absolute atomic E-state index is 0.355. The minimum atomic E-state index is -1.15. The first-order chi connectivity index (χ1) is 11.0. The van der Waals surface area contributed by atoms with Crippen LogP contribution in [0.3, 0.4) is 0 Å². The first kappa shape index (κ1) is 15.8. The number of halogens is 1. The van der Waals surface area contributed by atoms with Gasteiger partial charge in [-0.1, -0.05) is 30.3 Å². The van der Waals surface area contributed by atoms with Crippen molar-refractivity contribution in [3.8, 4) is 11.5 Å². The van der Waals surface area contributed by atoms with Crippen LogP contribution in [0.5, 0.6) is 11.5 Å². The van der Waals surface area contributed by atoms with E-state index in [1.165, 1.54) is 0 Å². The number of hydrogen-bond acceptors (Lipinski definition) is 3. The van der Waals surface area contributed by atoms with Crippen molar-refractivity contribution in [1.29, 1.82) is 0 Å². The summed E-state index contributed by atoms with van der Waals surface area (Å²) in [5.41, 5.74) is 1.07. The summed E-state index contributed by atoms with van der Waals surface area (Å²) in [6.07, 6.45) is 0.462. The molecule has 1 unspecified atom stereocenters. The van der Waals surface area contributed by atoms with Crippen molar-refractivity contribution in [1.82, 2.24) is 4.90 Å². The van der Waals surface area contributed by atoms with Crippen molar-refractivity contribution in [3.63, 3.8) is 0 Å². The molecule has 0 aromatic heterocycles. The van der Waals surface area contributed by atoms with E-state index in [0.29, 0.717) is 26.1 Å². The maximum absolute atomic E-state index is 11.2. The summed E-state index contributed by atoms with van der Waals surface area (Å²) in [6.45, 7) is 1.70. The number of carboxylic acids is 1. The Kier molecular flexibility index (Phi) is 4.55. The van der Waals surface area contributed by atoms with Crippen LogP contribution >= 0.6 is 11.6 Å². The Morgan fingerprint density at radius 2 is 1.91 bits per heavy atom. The van der Waals surface area contributed by atoms with Crippen LogP contribution in [-0.4, -0.2) is 33.9 Å². The number of hydrogen-bond donors (Lipinski definition) is 1. The van der Waals surface area contributed by atoms with Crippen LogP contribution in [-0.2, 0) is 11.3 Å². The molecule has 0 spiro atoms. The summed E-state index contributed by atoms with van der Waals surface area (Å²) in [5.74, 6) is 0.613. The quantitative estimate of drug-likeness (QED) is 0.848. The summed E-state index contributed by atoms with van der Waals surface area (Å²) in [6, 6.07) is 17.4. The smallest absolute Gasteiger partial charge is 0.326 e. The maximum Gasteiger partial charge on any atom is 0.326 e. The molecule has 1 atom stereocenters. The monoisotopic (exact) mass is 331 g/mol. The van der Waals surface area contributed by atoms with E-state index in [0.717, 1.165) is 17.1 Å². The van der Waals surface area contributed by atoms with E-state index in [2.05, 4.69) is 4.90 Å². The highest BCUT2D eigenvalue weighted by atomic mass is 35.5. The Morgan fingerprint density at radius 3 is 2.61 bits per heavy atom. The van der Waals surface area contributed by atoms with Crippen LogP contribution in [0.4, 0.5) is 0 Å². The zero-order chi connectivity index (χ0) is 16.3. The summed E-state index contributed by atoms with van der Waals surface area (Å²) in [5, 5.41) is 9.19. The number of para-hydroxylation sites is 1. The lowest BCUT2D eigenvalue weighted by atomic mass is 10.1. The number of alkyl halides is 1.